The van der Waals surface area contributed by atoms with Crippen molar-refractivity contribution in [2.45, 2.75) is 6.10 Å². The first-order chi connectivity index (χ1) is 11.0. The second-order valence-corrected chi connectivity index (χ2v) is 4.79. The zero-order chi connectivity index (χ0) is 16.8. The van der Waals surface area contributed by atoms with Crippen LogP contribution in [0.3, 0.4) is 0 Å². The molecule has 2 amide bonds. The molecule has 2 rings (SSSR count). The van der Waals surface area contributed by atoms with Crippen LogP contribution < -0.4 is 10.6 Å². The Kier molecular flexibility index (Phi) is 5.16. The van der Waals surface area contributed by atoms with Crippen molar-refractivity contribution in [2.75, 3.05) is 11.9 Å². The van der Waals surface area contributed by atoms with Crippen LogP contribution in [0.4, 0.5) is 5.69 Å². The smallest absolute Gasteiger partial charge is 0.313 e. The quantitative estimate of drug-likeness (QED) is 0.424. The highest BCUT2D eigenvalue weighted by Crippen LogP contribution is 2.21. The monoisotopic (exact) mass is 316 g/mol. The first kappa shape index (κ1) is 16.3. The van der Waals surface area contributed by atoms with Gasteiger partial charge in [-0.25, -0.2) is 0 Å². The number of phenols is 2. The molecule has 23 heavy (non-hydrogen) atoms. The minimum absolute atomic E-state index is 0.0621. The van der Waals surface area contributed by atoms with Crippen LogP contribution in [0.15, 0.2) is 48.5 Å². The summed E-state index contributed by atoms with van der Waals surface area (Å²) in [4.78, 5) is 23.4. The molecule has 0 saturated heterocycles. The van der Waals surface area contributed by atoms with E-state index in [0.29, 0.717) is 5.56 Å². The number of hydrogen-bond donors (Lipinski definition) is 5. The van der Waals surface area contributed by atoms with Crippen molar-refractivity contribution in [1.82, 2.24) is 5.32 Å². The first-order valence-electron chi connectivity index (χ1n) is 6.81. The number of para-hydroxylation sites is 2. The van der Waals surface area contributed by atoms with Crippen LogP contribution in [0, 0.1) is 0 Å². The summed E-state index contributed by atoms with van der Waals surface area (Å²) in [7, 11) is 0. The molecule has 0 spiro atoms. The number of carbonyl (C=O) groups excluding carboxylic acids is 2. The van der Waals surface area contributed by atoms with Crippen molar-refractivity contribution in [1.29, 1.82) is 0 Å². The van der Waals surface area contributed by atoms with Crippen molar-refractivity contribution in [3.05, 3.63) is 54.1 Å². The van der Waals surface area contributed by atoms with E-state index >= 15 is 0 Å². The van der Waals surface area contributed by atoms with Crippen LogP contribution in [0.25, 0.3) is 0 Å². The van der Waals surface area contributed by atoms with Crippen molar-refractivity contribution in [3.63, 3.8) is 0 Å². The first-order valence-corrected chi connectivity index (χ1v) is 6.81. The van der Waals surface area contributed by atoms with Crippen molar-refractivity contribution in [3.8, 4) is 11.5 Å². The summed E-state index contributed by atoms with van der Waals surface area (Å²) in [6, 6.07) is 11.8. The summed E-state index contributed by atoms with van der Waals surface area (Å²) in [6.07, 6.45) is -1.02. The number of aliphatic hydroxyl groups excluding tert-OH is 1. The Bertz CT molecular complexity index is 700. The number of amides is 2. The normalized spacial score (nSPS) is 11.5. The van der Waals surface area contributed by atoms with Gasteiger partial charge >= 0.3 is 11.8 Å². The van der Waals surface area contributed by atoms with E-state index in [0.717, 1.165) is 0 Å². The SMILES string of the molecule is O=C(NC[C@@H](O)c1ccc(O)cc1)C(=O)Nc1ccccc1O. The van der Waals surface area contributed by atoms with Gasteiger partial charge in [-0.3, -0.25) is 9.59 Å². The minimum atomic E-state index is -1.02. The minimum Gasteiger partial charge on any atom is -0.508 e. The summed E-state index contributed by atoms with van der Waals surface area (Å²) in [6.45, 7) is -0.169. The lowest BCUT2D eigenvalue weighted by Crippen LogP contribution is -2.37. The summed E-state index contributed by atoms with van der Waals surface area (Å²) >= 11 is 0. The van der Waals surface area contributed by atoms with Gasteiger partial charge in [0.2, 0.25) is 0 Å². The Balaban J connectivity index is 1.87. The fraction of sp³-hybridized carbons (Fsp3) is 0.125. The van der Waals surface area contributed by atoms with Crippen molar-refractivity contribution in [2.24, 2.45) is 0 Å². The number of aromatic hydroxyl groups is 2. The van der Waals surface area contributed by atoms with Crippen LogP contribution in [-0.4, -0.2) is 33.7 Å². The maximum atomic E-state index is 11.7. The molecule has 2 aromatic carbocycles. The largest absolute Gasteiger partial charge is 0.508 e. The Morgan fingerprint density at radius 3 is 2.26 bits per heavy atom. The predicted octanol–water partition coefficient (Wildman–Crippen LogP) is 0.886. The van der Waals surface area contributed by atoms with E-state index in [9.17, 15) is 19.8 Å². The van der Waals surface area contributed by atoms with Gasteiger partial charge < -0.3 is 26.0 Å². The summed E-state index contributed by atoms with van der Waals surface area (Å²) in [5.74, 6) is -1.99. The van der Waals surface area contributed by atoms with Gasteiger partial charge in [0.25, 0.3) is 0 Å². The lowest BCUT2D eigenvalue weighted by Gasteiger charge is -2.12. The molecule has 0 heterocycles. The standard InChI is InChI=1S/C16H16N2O5/c19-11-7-5-10(6-8-11)14(21)9-17-15(22)16(23)18-12-3-1-2-4-13(12)20/h1-8,14,19-21H,9H2,(H,17,22)(H,18,23)/t14-/m1/s1. The number of phenolic OH excluding ortho intramolecular Hbond substituents is 2. The second-order valence-electron chi connectivity index (χ2n) is 4.79. The molecule has 0 unspecified atom stereocenters. The van der Waals surface area contributed by atoms with E-state index in [4.69, 9.17) is 5.11 Å². The zero-order valence-corrected chi connectivity index (χ0v) is 12.1. The summed E-state index contributed by atoms with van der Waals surface area (Å²) < 4.78 is 0. The third kappa shape index (κ3) is 4.45. The molecule has 0 aliphatic rings. The molecule has 120 valence electrons. The lowest BCUT2D eigenvalue weighted by atomic mass is 10.1. The van der Waals surface area contributed by atoms with Crippen molar-refractivity contribution < 1.29 is 24.9 Å². The third-order valence-corrected chi connectivity index (χ3v) is 3.09. The average Bonchev–Trinajstić information content (AvgIpc) is 2.55. The van der Waals surface area contributed by atoms with Gasteiger partial charge in [0.15, 0.2) is 0 Å². The maximum absolute atomic E-state index is 11.7. The van der Waals surface area contributed by atoms with E-state index in [2.05, 4.69) is 10.6 Å². The van der Waals surface area contributed by atoms with Gasteiger partial charge in [0.05, 0.1) is 11.8 Å². The van der Waals surface area contributed by atoms with Gasteiger partial charge in [-0.15, -0.1) is 0 Å². The fourth-order valence-electron chi connectivity index (χ4n) is 1.84. The van der Waals surface area contributed by atoms with E-state index in [1.807, 2.05) is 0 Å². The maximum Gasteiger partial charge on any atom is 0.313 e. The number of rotatable bonds is 4. The number of benzene rings is 2. The van der Waals surface area contributed by atoms with Crippen LogP contribution in [0.5, 0.6) is 11.5 Å². The van der Waals surface area contributed by atoms with Gasteiger partial charge in [0, 0.05) is 6.54 Å². The van der Waals surface area contributed by atoms with Gasteiger partial charge in [-0.05, 0) is 29.8 Å². The van der Waals surface area contributed by atoms with Crippen LogP contribution >= 0.6 is 0 Å². The van der Waals surface area contributed by atoms with E-state index in [1.54, 1.807) is 12.1 Å². The predicted molar refractivity (Wildman–Crippen MR) is 82.8 cm³/mol. The highest BCUT2D eigenvalue weighted by Gasteiger charge is 2.17. The summed E-state index contributed by atoms with van der Waals surface area (Å²) in [5.41, 5.74) is 0.607. The molecule has 2 aromatic rings. The summed E-state index contributed by atoms with van der Waals surface area (Å²) in [5, 5.41) is 33.2. The van der Waals surface area contributed by atoms with Crippen molar-refractivity contribution >= 4 is 17.5 Å². The molecule has 7 nitrogen and oxygen atoms in total. The molecule has 0 saturated carbocycles. The Morgan fingerprint density at radius 1 is 0.957 bits per heavy atom. The Hall–Kier alpha value is -3.06. The van der Waals surface area contributed by atoms with Gasteiger partial charge in [0.1, 0.15) is 11.5 Å². The third-order valence-electron chi connectivity index (χ3n) is 3.09. The van der Waals surface area contributed by atoms with Gasteiger partial charge in [-0.2, -0.15) is 0 Å². The van der Waals surface area contributed by atoms with E-state index < -0.39 is 17.9 Å². The number of nitrogens with one attached hydrogen (secondary N) is 2. The van der Waals surface area contributed by atoms with Crippen LogP contribution in [0.2, 0.25) is 0 Å². The molecule has 5 N–H and O–H groups in total. The number of anilines is 1. The highest BCUT2D eigenvalue weighted by atomic mass is 16.3. The Morgan fingerprint density at radius 2 is 1.61 bits per heavy atom. The second kappa shape index (κ2) is 7.28. The molecule has 1 atom stereocenters. The molecule has 7 heteroatoms. The molecular formula is C16H16N2O5. The Labute approximate surface area is 132 Å². The molecule has 0 aliphatic heterocycles. The lowest BCUT2D eigenvalue weighted by molar-refractivity contribution is -0.136. The molecule has 0 radical (unpaired) electrons. The van der Waals surface area contributed by atoms with E-state index in [-0.39, 0.29) is 23.7 Å². The molecule has 0 aromatic heterocycles. The fourth-order valence-corrected chi connectivity index (χ4v) is 1.84. The zero-order valence-electron chi connectivity index (χ0n) is 12.1. The van der Waals surface area contributed by atoms with Crippen LogP contribution in [0.1, 0.15) is 11.7 Å². The van der Waals surface area contributed by atoms with Gasteiger partial charge in [-0.1, -0.05) is 24.3 Å². The molecule has 0 fully saturated rings. The number of aliphatic hydroxyl groups is 1. The number of hydrogen-bond acceptors (Lipinski definition) is 5. The van der Waals surface area contributed by atoms with E-state index in [1.165, 1.54) is 36.4 Å². The molecule has 0 bridgehead atoms. The number of carbonyl (C=O) groups is 2. The van der Waals surface area contributed by atoms with Crippen LogP contribution in [-0.2, 0) is 9.59 Å². The average molecular weight is 316 g/mol. The molecular weight excluding hydrogens is 300 g/mol. The molecule has 0 aliphatic carbocycles. The topological polar surface area (TPSA) is 119 Å². The highest BCUT2D eigenvalue weighted by molar-refractivity contribution is 6.39.